The van der Waals surface area contributed by atoms with Gasteiger partial charge in [-0.2, -0.15) is 0 Å². The summed E-state index contributed by atoms with van der Waals surface area (Å²) in [7, 11) is 1.82. The Bertz CT molecular complexity index is 783. The molecule has 3 heterocycles. The van der Waals surface area contributed by atoms with E-state index in [2.05, 4.69) is 62.9 Å². The molecule has 3 rings (SSSR count). The Hall–Kier alpha value is -1.39. The summed E-state index contributed by atoms with van der Waals surface area (Å²) in [6, 6.07) is 6.62. The number of likely N-dealkylation sites (tertiary alicyclic amines) is 1. The van der Waals surface area contributed by atoms with E-state index in [-0.39, 0.29) is 24.0 Å². The molecule has 2 aromatic heterocycles. The van der Waals surface area contributed by atoms with E-state index in [0.29, 0.717) is 18.7 Å². The maximum Gasteiger partial charge on any atom is 0.191 e. The minimum absolute atomic E-state index is 0. The van der Waals surface area contributed by atoms with Crippen molar-refractivity contribution in [2.75, 3.05) is 33.3 Å². The largest absolute Gasteiger partial charge is 0.377 e. The number of rotatable bonds is 7. The minimum Gasteiger partial charge on any atom is -0.377 e. The number of imidazole rings is 1. The molecule has 0 aliphatic carbocycles. The maximum absolute atomic E-state index is 5.66. The number of nitrogens with zero attached hydrogens (tertiary/aromatic N) is 4. The number of hydrogen-bond donors (Lipinski definition) is 2. The van der Waals surface area contributed by atoms with Gasteiger partial charge in [0.05, 0.1) is 24.9 Å². The summed E-state index contributed by atoms with van der Waals surface area (Å²) in [4.78, 5) is 11.5. The van der Waals surface area contributed by atoms with Crippen LogP contribution in [0.2, 0.25) is 0 Å². The predicted octanol–water partition coefficient (Wildman–Crippen LogP) is 2.82. The molecule has 1 saturated heterocycles. The van der Waals surface area contributed by atoms with Crippen molar-refractivity contribution in [2.45, 2.75) is 52.3 Å². The highest BCUT2D eigenvalue weighted by Gasteiger charge is 2.19. The molecular formula is C21H35IN6O. The predicted molar refractivity (Wildman–Crippen MR) is 129 cm³/mol. The zero-order valence-corrected chi connectivity index (χ0v) is 20.3. The van der Waals surface area contributed by atoms with Crippen LogP contribution in [0.25, 0.3) is 5.65 Å². The molecule has 0 bridgehead atoms. The summed E-state index contributed by atoms with van der Waals surface area (Å²) >= 11 is 0. The normalized spacial score (nSPS) is 16.2. The van der Waals surface area contributed by atoms with E-state index < -0.39 is 0 Å². The molecule has 162 valence electrons. The van der Waals surface area contributed by atoms with Crippen molar-refractivity contribution >= 4 is 35.6 Å². The zero-order chi connectivity index (χ0) is 19.9. The van der Waals surface area contributed by atoms with Crippen LogP contribution < -0.4 is 10.6 Å². The first-order valence-electron chi connectivity index (χ1n) is 10.3. The second kappa shape index (κ2) is 11.7. The number of nitrogens with one attached hydrogen (secondary N) is 2. The number of aromatic nitrogens is 2. The third kappa shape index (κ3) is 7.11. The van der Waals surface area contributed by atoms with Gasteiger partial charge in [-0.05, 0) is 45.7 Å². The van der Waals surface area contributed by atoms with Gasteiger partial charge in [0.1, 0.15) is 5.65 Å². The lowest BCUT2D eigenvalue weighted by atomic mass is 10.1. The number of aliphatic imine (C=N–C) groups is 1. The van der Waals surface area contributed by atoms with Crippen LogP contribution in [0.3, 0.4) is 0 Å². The Morgan fingerprint density at radius 3 is 2.72 bits per heavy atom. The fraction of sp³-hybridized carbons (Fsp3) is 0.619. The van der Waals surface area contributed by atoms with Crippen LogP contribution in [-0.2, 0) is 11.3 Å². The molecule has 0 spiro atoms. The number of ether oxygens (including phenoxy) is 1. The Labute approximate surface area is 191 Å². The number of pyridine rings is 1. The van der Waals surface area contributed by atoms with Gasteiger partial charge in [0.2, 0.25) is 0 Å². The van der Waals surface area contributed by atoms with Crippen molar-refractivity contribution in [3.05, 3.63) is 35.8 Å². The monoisotopic (exact) mass is 514 g/mol. The Kier molecular flexibility index (Phi) is 9.64. The van der Waals surface area contributed by atoms with Crippen molar-refractivity contribution in [1.29, 1.82) is 0 Å². The van der Waals surface area contributed by atoms with Crippen molar-refractivity contribution < 1.29 is 4.74 Å². The first-order chi connectivity index (χ1) is 13.5. The third-order valence-corrected chi connectivity index (χ3v) is 5.19. The molecule has 0 saturated carbocycles. The second-order valence-corrected chi connectivity index (χ2v) is 7.73. The molecule has 1 aliphatic rings. The van der Waals surface area contributed by atoms with Crippen LogP contribution >= 0.6 is 24.0 Å². The molecule has 7 nitrogen and oxygen atoms in total. The number of aryl methyl sites for hydroxylation is 1. The van der Waals surface area contributed by atoms with Crippen LogP contribution in [0.15, 0.2) is 29.4 Å². The van der Waals surface area contributed by atoms with E-state index in [1.54, 1.807) is 0 Å². The minimum atomic E-state index is 0. The Morgan fingerprint density at radius 2 is 2.07 bits per heavy atom. The summed E-state index contributed by atoms with van der Waals surface area (Å²) in [5.41, 5.74) is 3.18. The molecule has 2 N–H and O–H groups in total. The molecule has 29 heavy (non-hydrogen) atoms. The van der Waals surface area contributed by atoms with E-state index in [1.807, 2.05) is 19.2 Å². The lowest BCUT2D eigenvalue weighted by molar-refractivity contribution is 0.0532. The van der Waals surface area contributed by atoms with Gasteiger partial charge in [0.15, 0.2) is 5.96 Å². The summed E-state index contributed by atoms with van der Waals surface area (Å²) < 4.78 is 7.78. The molecule has 0 amide bonds. The highest BCUT2D eigenvalue weighted by atomic mass is 127. The lowest BCUT2D eigenvalue weighted by Gasteiger charge is -2.33. The fourth-order valence-electron chi connectivity index (χ4n) is 3.56. The lowest BCUT2D eigenvalue weighted by Crippen LogP contribution is -2.49. The van der Waals surface area contributed by atoms with Crippen molar-refractivity contribution in [2.24, 2.45) is 4.99 Å². The summed E-state index contributed by atoms with van der Waals surface area (Å²) in [5, 5.41) is 6.96. The van der Waals surface area contributed by atoms with Crippen LogP contribution in [0.5, 0.6) is 0 Å². The van der Waals surface area contributed by atoms with Gasteiger partial charge < -0.3 is 24.7 Å². The van der Waals surface area contributed by atoms with Gasteiger partial charge in [-0.25, -0.2) is 4.98 Å². The molecule has 0 aromatic carbocycles. The first-order valence-corrected chi connectivity index (χ1v) is 10.3. The van der Waals surface area contributed by atoms with Gasteiger partial charge in [-0.3, -0.25) is 4.99 Å². The van der Waals surface area contributed by atoms with E-state index in [1.165, 1.54) is 5.69 Å². The summed E-state index contributed by atoms with van der Waals surface area (Å²) in [5.74, 6) is 0.843. The molecule has 1 aliphatic heterocycles. The number of fused-ring (bicyclic) bond motifs is 1. The molecule has 8 heteroatoms. The Balaban J connectivity index is 0.00000300. The van der Waals surface area contributed by atoms with Crippen LogP contribution in [0, 0.1) is 6.92 Å². The van der Waals surface area contributed by atoms with Gasteiger partial charge in [0.25, 0.3) is 0 Å². The van der Waals surface area contributed by atoms with Crippen molar-refractivity contribution in [3.63, 3.8) is 0 Å². The van der Waals surface area contributed by atoms with Gasteiger partial charge in [0, 0.05) is 44.6 Å². The van der Waals surface area contributed by atoms with E-state index in [9.17, 15) is 0 Å². The number of halogens is 1. The zero-order valence-electron chi connectivity index (χ0n) is 18.0. The summed E-state index contributed by atoms with van der Waals surface area (Å²) in [6.07, 6.45) is 4.64. The van der Waals surface area contributed by atoms with Gasteiger partial charge >= 0.3 is 0 Å². The van der Waals surface area contributed by atoms with Gasteiger partial charge in [-0.15, -0.1) is 24.0 Å². The SMILES string of the molecule is CN=C(NCc1cn2c(C)cccc2n1)NC1CCN(CCOC(C)C)CC1.I. The van der Waals surface area contributed by atoms with Crippen molar-refractivity contribution in [1.82, 2.24) is 24.9 Å². The van der Waals surface area contributed by atoms with Gasteiger partial charge in [-0.1, -0.05) is 6.07 Å². The van der Waals surface area contributed by atoms with Crippen LogP contribution in [0.4, 0.5) is 0 Å². The topological polar surface area (TPSA) is 66.2 Å². The van der Waals surface area contributed by atoms with Crippen molar-refractivity contribution in [3.8, 4) is 0 Å². The first kappa shape index (κ1) is 23.9. The molecular weight excluding hydrogens is 479 g/mol. The average Bonchev–Trinajstić information content (AvgIpc) is 3.10. The standard InChI is InChI=1S/C21H34N6O.HI/c1-16(2)28-13-12-26-10-8-18(9-11-26)25-21(22-4)23-14-19-15-27-17(3)6-5-7-20(27)24-19;/h5-7,15-16,18H,8-14H2,1-4H3,(H2,22,23,25);1H. The van der Waals surface area contributed by atoms with Crippen LogP contribution in [0.1, 0.15) is 38.1 Å². The average molecular weight is 514 g/mol. The second-order valence-electron chi connectivity index (χ2n) is 7.73. The highest BCUT2D eigenvalue weighted by Crippen LogP contribution is 2.11. The number of hydrogen-bond acceptors (Lipinski definition) is 4. The molecule has 0 atom stereocenters. The molecule has 0 unspecified atom stereocenters. The van der Waals surface area contributed by atoms with Crippen LogP contribution in [-0.4, -0.2) is 65.7 Å². The molecule has 2 aromatic rings. The number of piperidine rings is 1. The molecule has 1 fully saturated rings. The number of guanidine groups is 1. The quantitative estimate of drug-likeness (QED) is 0.338. The fourth-order valence-corrected chi connectivity index (χ4v) is 3.56. The third-order valence-electron chi connectivity index (χ3n) is 5.19. The summed E-state index contributed by atoms with van der Waals surface area (Å²) in [6.45, 7) is 11.0. The smallest absolute Gasteiger partial charge is 0.191 e. The van der Waals surface area contributed by atoms with E-state index >= 15 is 0 Å². The highest BCUT2D eigenvalue weighted by molar-refractivity contribution is 14.0. The Morgan fingerprint density at radius 1 is 1.31 bits per heavy atom. The van der Waals surface area contributed by atoms with E-state index in [0.717, 1.165) is 56.4 Å². The molecule has 0 radical (unpaired) electrons. The van der Waals surface area contributed by atoms with E-state index in [4.69, 9.17) is 4.74 Å². The maximum atomic E-state index is 5.66.